The van der Waals surface area contributed by atoms with Crippen molar-refractivity contribution in [2.75, 3.05) is 19.8 Å². The largest absolute Gasteiger partial charge is 0.381 e. The van der Waals surface area contributed by atoms with Gasteiger partial charge in [-0.25, -0.2) is 0 Å². The minimum absolute atomic E-state index is 0.375. The average molecular weight is 312 g/mol. The molecule has 100 valence electrons. The molecule has 0 spiro atoms. The van der Waals surface area contributed by atoms with Crippen LogP contribution in [0.1, 0.15) is 38.3 Å². The number of hydrogen-bond acceptors (Lipinski definition) is 2. The molecule has 1 saturated heterocycles. The third kappa shape index (κ3) is 3.56. The maximum atomic E-state index is 5.44. The summed E-state index contributed by atoms with van der Waals surface area (Å²) in [6.07, 6.45) is 2.31. The van der Waals surface area contributed by atoms with Gasteiger partial charge in [-0.15, -0.1) is 0 Å². The molecule has 0 aliphatic carbocycles. The van der Waals surface area contributed by atoms with Gasteiger partial charge in [-0.1, -0.05) is 41.1 Å². The molecule has 2 nitrogen and oxygen atoms in total. The molecule has 0 aromatic heterocycles. The molecule has 1 fully saturated rings. The normalized spacial score (nSPS) is 20.6. The smallest absolute Gasteiger partial charge is 0.0471 e. The fourth-order valence-electron chi connectivity index (χ4n) is 2.38. The molecule has 0 amide bonds. The van der Waals surface area contributed by atoms with Crippen LogP contribution in [0.5, 0.6) is 0 Å². The van der Waals surface area contributed by atoms with Gasteiger partial charge in [-0.2, -0.15) is 0 Å². The van der Waals surface area contributed by atoms with E-state index in [-0.39, 0.29) is 0 Å². The van der Waals surface area contributed by atoms with Crippen molar-refractivity contribution in [2.45, 2.75) is 32.7 Å². The zero-order chi connectivity index (χ0) is 13.0. The zero-order valence-electron chi connectivity index (χ0n) is 11.2. The van der Waals surface area contributed by atoms with Crippen LogP contribution in [-0.4, -0.2) is 19.8 Å². The van der Waals surface area contributed by atoms with E-state index in [2.05, 4.69) is 59.4 Å². The van der Waals surface area contributed by atoms with Crippen LogP contribution in [-0.2, 0) is 4.74 Å². The Bertz CT molecular complexity index is 388. The minimum Gasteiger partial charge on any atom is -0.381 e. The van der Waals surface area contributed by atoms with Crippen molar-refractivity contribution >= 4 is 15.9 Å². The van der Waals surface area contributed by atoms with Crippen molar-refractivity contribution in [3.05, 3.63) is 34.3 Å². The molecule has 1 heterocycles. The fraction of sp³-hybridized carbons (Fsp3) is 0.600. The monoisotopic (exact) mass is 311 g/mol. The first-order valence-electron chi connectivity index (χ1n) is 6.66. The van der Waals surface area contributed by atoms with Gasteiger partial charge in [-0.3, -0.25) is 0 Å². The fourth-order valence-corrected chi connectivity index (χ4v) is 3.00. The van der Waals surface area contributed by atoms with Crippen molar-refractivity contribution in [2.24, 2.45) is 5.41 Å². The molecule has 1 aromatic carbocycles. The summed E-state index contributed by atoms with van der Waals surface area (Å²) >= 11 is 3.62. The third-order valence-electron chi connectivity index (χ3n) is 3.91. The maximum absolute atomic E-state index is 5.44. The summed E-state index contributed by atoms with van der Waals surface area (Å²) in [5, 5.41) is 3.66. The molecular weight excluding hydrogens is 290 g/mol. The predicted octanol–water partition coefficient (Wildman–Crippen LogP) is 3.92. The van der Waals surface area contributed by atoms with Gasteiger partial charge in [-0.05, 0) is 36.8 Å². The maximum Gasteiger partial charge on any atom is 0.0471 e. The summed E-state index contributed by atoms with van der Waals surface area (Å²) < 4.78 is 6.62. The van der Waals surface area contributed by atoms with E-state index < -0.39 is 0 Å². The average Bonchev–Trinajstić information content (AvgIpc) is 2.38. The first kappa shape index (κ1) is 14.0. The molecule has 0 saturated carbocycles. The van der Waals surface area contributed by atoms with Gasteiger partial charge in [0.1, 0.15) is 0 Å². The second-order valence-corrected chi connectivity index (χ2v) is 6.40. The molecule has 1 N–H and O–H groups in total. The zero-order valence-corrected chi connectivity index (χ0v) is 12.8. The first-order chi connectivity index (χ1) is 8.61. The lowest BCUT2D eigenvalue weighted by Gasteiger charge is -2.35. The van der Waals surface area contributed by atoms with Crippen LogP contribution in [0.2, 0.25) is 0 Å². The Morgan fingerprint density at radius 1 is 1.33 bits per heavy atom. The van der Waals surface area contributed by atoms with Crippen LogP contribution in [0, 0.1) is 5.41 Å². The lowest BCUT2D eigenvalue weighted by molar-refractivity contribution is 0.0231. The second-order valence-electron chi connectivity index (χ2n) is 5.55. The van der Waals surface area contributed by atoms with Crippen molar-refractivity contribution in [1.82, 2.24) is 5.32 Å². The van der Waals surface area contributed by atoms with Crippen LogP contribution in [0.4, 0.5) is 0 Å². The Kier molecular flexibility index (Phi) is 4.82. The van der Waals surface area contributed by atoms with Crippen molar-refractivity contribution < 1.29 is 4.74 Å². The lowest BCUT2D eigenvalue weighted by Crippen LogP contribution is -2.37. The topological polar surface area (TPSA) is 21.3 Å². The van der Waals surface area contributed by atoms with E-state index in [0.29, 0.717) is 11.5 Å². The molecule has 3 heteroatoms. The molecule has 1 aliphatic heterocycles. The Morgan fingerprint density at radius 2 is 2.00 bits per heavy atom. The molecule has 18 heavy (non-hydrogen) atoms. The Labute approximate surface area is 118 Å². The van der Waals surface area contributed by atoms with E-state index >= 15 is 0 Å². The van der Waals surface area contributed by atoms with Gasteiger partial charge in [0.2, 0.25) is 0 Å². The number of nitrogens with one attached hydrogen (secondary N) is 1. The van der Waals surface area contributed by atoms with Crippen LogP contribution < -0.4 is 5.32 Å². The van der Waals surface area contributed by atoms with E-state index in [9.17, 15) is 0 Å². The summed E-state index contributed by atoms with van der Waals surface area (Å²) in [5.74, 6) is 0. The van der Waals surface area contributed by atoms with Crippen LogP contribution in [0.15, 0.2) is 28.7 Å². The summed E-state index contributed by atoms with van der Waals surface area (Å²) in [4.78, 5) is 0. The first-order valence-corrected chi connectivity index (χ1v) is 7.46. The van der Waals surface area contributed by atoms with Crippen molar-refractivity contribution in [1.29, 1.82) is 0 Å². The highest BCUT2D eigenvalue weighted by Gasteiger charge is 2.27. The molecule has 1 atom stereocenters. The lowest BCUT2D eigenvalue weighted by atomic mass is 9.82. The number of ether oxygens (including phenoxy) is 1. The standard InChI is InChI=1S/C15H22BrNO/c1-12(13-5-3-4-6-14(13)16)17-11-15(2)7-9-18-10-8-15/h3-6,12,17H,7-11H2,1-2H3. The van der Waals surface area contributed by atoms with E-state index in [4.69, 9.17) is 4.74 Å². The summed E-state index contributed by atoms with van der Waals surface area (Å²) in [7, 11) is 0. The van der Waals surface area contributed by atoms with Crippen LogP contribution in [0.3, 0.4) is 0 Å². The van der Waals surface area contributed by atoms with E-state index in [1.54, 1.807) is 0 Å². The van der Waals surface area contributed by atoms with Crippen LogP contribution >= 0.6 is 15.9 Å². The molecular formula is C15H22BrNO. The van der Waals surface area contributed by atoms with Crippen molar-refractivity contribution in [3.63, 3.8) is 0 Å². The second kappa shape index (κ2) is 6.18. The Morgan fingerprint density at radius 3 is 2.67 bits per heavy atom. The highest BCUT2D eigenvalue weighted by Crippen LogP contribution is 2.30. The van der Waals surface area contributed by atoms with Gasteiger partial charge in [0.25, 0.3) is 0 Å². The molecule has 0 radical (unpaired) electrons. The van der Waals surface area contributed by atoms with Gasteiger partial charge in [0.15, 0.2) is 0 Å². The van der Waals surface area contributed by atoms with Crippen LogP contribution in [0.25, 0.3) is 0 Å². The summed E-state index contributed by atoms with van der Waals surface area (Å²) in [5.41, 5.74) is 1.71. The highest BCUT2D eigenvalue weighted by molar-refractivity contribution is 9.10. The summed E-state index contributed by atoms with van der Waals surface area (Å²) in [6, 6.07) is 8.80. The van der Waals surface area contributed by atoms with E-state index in [0.717, 1.165) is 32.6 Å². The number of hydrogen-bond donors (Lipinski definition) is 1. The van der Waals surface area contributed by atoms with Gasteiger partial charge in [0.05, 0.1) is 0 Å². The number of benzene rings is 1. The predicted molar refractivity (Wildman–Crippen MR) is 78.7 cm³/mol. The molecule has 1 aromatic rings. The molecule has 1 unspecified atom stereocenters. The Hall–Kier alpha value is -0.380. The number of rotatable bonds is 4. The minimum atomic E-state index is 0.375. The van der Waals surface area contributed by atoms with E-state index in [1.165, 1.54) is 10.0 Å². The third-order valence-corrected chi connectivity index (χ3v) is 4.63. The van der Waals surface area contributed by atoms with Gasteiger partial charge >= 0.3 is 0 Å². The van der Waals surface area contributed by atoms with E-state index in [1.807, 2.05) is 0 Å². The number of halogens is 1. The van der Waals surface area contributed by atoms with Gasteiger partial charge in [0, 0.05) is 30.3 Å². The molecule has 2 rings (SSSR count). The molecule has 0 bridgehead atoms. The summed E-state index contributed by atoms with van der Waals surface area (Å²) in [6.45, 7) is 7.44. The highest BCUT2D eigenvalue weighted by atomic mass is 79.9. The van der Waals surface area contributed by atoms with Crippen molar-refractivity contribution in [3.8, 4) is 0 Å². The molecule has 1 aliphatic rings. The quantitative estimate of drug-likeness (QED) is 0.910. The SMILES string of the molecule is CC(NCC1(C)CCOCC1)c1ccccc1Br. The Balaban J connectivity index is 1.92. The van der Waals surface area contributed by atoms with Gasteiger partial charge < -0.3 is 10.1 Å².